The van der Waals surface area contributed by atoms with E-state index >= 15 is 0 Å². The fourth-order valence-corrected chi connectivity index (χ4v) is 2.47. The monoisotopic (exact) mass is 275 g/mol. The summed E-state index contributed by atoms with van der Waals surface area (Å²) in [6.45, 7) is 1.74. The average molecular weight is 275 g/mol. The minimum absolute atomic E-state index is 0.0474. The molecule has 0 aromatic heterocycles. The molecule has 1 aliphatic heterocycles. The Labute approximate surface area is 110 Å². The first-order chi connectivity index (χ1) is 8.45. The second-order valence-corrected chi connectivity index (χ2v) is 5.36. The standard InChI is InChI=1S/C11H17NO5S/c1-7(13)18-4-3-10(14)12-6-8(17-2)5-9(12)11(15)16/h8-9H,3-6H2,1-2H3,(H,15,16)/t8-,9-/m0/s1. The lowest BCUT2D eigenvalue weighted by atomic mass is 10.2. The van der Waals surface area contributed by atoms with Gasteiger partial charge in [0.2, 0.25) is 5.91 Å². The van der Waals surface area contributed by atoms with Crippen molar-refractivity contribution in [2.24, 2.45) is 0 Å². The molecule has 0 radical (unpaired) electrons. The Balaban J connectivity index is 2.54. The number of carbonyl (C=O) groups excluding carboxylic acids is 2. The third kappa shape index (κ3) is 3.99. The van der Waals surface area contributed by atoms with Crippen molar-refractivity contribution >= 4 is 28.8 Å². The molecule has 1 aliphatic rings. The van der Waals surface area contributed by atoms with Crippen molar-refractivity contribution in [1.82, 2.24) is 4.90 Å². The van der Waals surface area contributed by atoms with Crippen LogP contribution in [0.15, 0.2) is 0 Å². The fourth-order valence-electron chi connectivity index (χ4n) is 1.90. The van der Waals surface area contributed by atoms with Gasteiger partial charge >= 0.3 is 5.97 Å². The summed E-state index contributed by atoms with van der Waals surface area (Å²) in [5.74, 6) is -0.868. The molecule has 1 saturated heterocycles. The van der Waals surface area contributed by atoms with Gasteiger partial charge in [-0.1, -0.05) is 11.8 Å². The van der Waals surface area contributed by atoms with Gasteiger partial charge in [0, 0.05) is 39.2 Å². The van der Waals surface area contributed by atoms with E-state index in [-0.39, 0.29) is 23.5 Å². The Hall–Kier alpha value is -1.08. The van der Waals surface area contributed by atoms with Gasteiger partial charge in [0.25, 0.3) is 0 Å². The van der Waals surface area contributed by atoms with Gasteiger partial charge < -0.3 is 14.7 Å². The first-order valence-corrected chi connectivity index (χ1v) is 6.62. The topological polar surface area (TPSA) is 83.9 Å². The highest BCUT2D eigenvalue weighted by Crippen LogP contribution is 2.21. The molecule has 1 N–H and O–H groups in total. The summed E-state index contributed by atoms with van der Waals surface area (Å²) in [5, 5.41) is 9.00. The SMILES string of the molecule is CO[C@H]1C[C@@H](C(=O)O)N(C(=O)CCSC(C)=O)C1. The molecule has 18 heavy (non-hydrogen) atoms. The number of nitrogens with zero attached hydrogens (tertiary/aromatic N) is 1. The number of carboxylic acid groups (broad SMARTS) is 1. The molecular weight excluding hydrogens is 258 g/mol. The number of methoxy groups -OCH3 is 1. The predicted molar refractivity (Wildman–Crippen MR) is 66.3 cm³/mol. The average Bonchev–Trinajstić information content (AvgIpc) is 2.72. The number of carbonyl (C=O) groups is 3. The van der Waals surface area contributed by atoms with Crippen LogP contribution in [0.2, 0.25) is 0 Å². The molecule has 1 fully saturated rings. The number of carboxylic acids is 1. The second-order valence-electron chi connectivity index (χ2n) is 4.08. The highest BCUT2D eigenvalue weighted by Gasteiger charge is 2.39. The van der Waals surface area contributed by atoms with Crippen molar-refractivity contribution in [2.75, 3.05) is 19.4 Å². The van der Waals surface area contributed by atoms with E-state index in [9.17, 15) is 14.4 Å². The van der Waals surface area contributed by atoms with Gasteiger partial charge in [-0.2, -0.15) is 0 Å². The summed E-state index contributed by atoms with van der Waals surface area (Å²) in [6.07, 6.45) is 0.262. The minimum atomic E-state index is -1.01. The number of aliphatic carboxylic acids is 1. The molecule has 6 nitrogen and oxygen atoms in total. The lowest BCUT2D eigenvalue weighted by Crippen LogP contribution is -2.40. The molecule has 1 rings (SSSR count). The van der Waals surface area contributed by atoms with Crippen molar-refractivity contribution in [2.45, 2.75) is 31.9 Å². The van der Waals surface area contributed by atoms with Crippen LogP contribution >= 0.6 is 11.8 Å². The zero-order valence-corrected chi connectivity index (χ0v) is 11.2. The molecule has 2 atom stereocenters. The fraction of sp³-hybridized carbons (Fsp3) is 0.727. The molecule has 0 aromatic carbocycles. The Morgan fingerprint density at radius 3 is 2.61 bits per heavy atom. The Morgan fingerprint density at radius 2 is 2.11 bits per heavy atom. The van der Waals surface area contributed by atoms with Crippen LogP contribution in [-0.4, -0.2) is 58.6 Å². The third-order valence-corrected chi connectivity index (χ3v) is 3.64. The summed E-state index contributed by atoms with van der Waals surface area (Å²) in [7, 11) is 1.50. The predicted octanol–water partition coefficient (Wildman–Crippen LogP) is 0.357. The zero-order chi connectivity index (χ0) is 13.7. The maximum Gasteiger partial charge on any atom is 0.326 e. The molecule has 7 heteroatoms. The molecule has 0 aromatic rings. The van der Waals surface area contributed by atoms with Crippen molar-refractivity contribution < 1.29 is 24.2 Å². The Morgan fingerprint density at radius 1 is 1.44 bits per heavy atom. The summed E-state index contributed by atoms with van der Waals surface area (Å²) in [4.78, 5) is 35.0. The number of hydrogen-bond acceptors (Lipinski definition) is 5. The maximum atomic E-state index is 11.9. The lowest BCUT2D eigenvalue weighted by Gasteiger charge is -2.20. The van der Waals surface area contributed by atoms with Gasteiger partial charge in [-0.3, -0.25) is 9.59 Å². The van der Waals surface area contributed by atoms with Crippen LogP contribution in [0, 0.1) is 0 Å². The van der Waals surface area contributed by atoms with E-state index in [4.69, 9.17) is 9.84 Å². The smallest absolute Gasteiger partial charge is 0.326 e. The number of rotatable bonds is 5. The Bertz CT molecular complexity index is 346. The second kappa shape index (κ2) is 6.75. The highest BCUT2D eigenvalue weighted by atomic mass is 32.2. The zero-order valence-electron chi connectivity index (χ0n) is 10.4. The van der Waals surface area contributed by atoms with Crippen LogP contribution in [0.5, 0.6) is 0 Å². The largest absolute Gasteiger partial charge is 0.480 e. The lowest BCUT2D eigenvalue weighted by molar-refractivity contribution is -0.148. The normalized spacial score (nSPS) is 23.1. The van der Waals surface area contributed by atoms with E-state index in [1.54, 1.807) is 0 Å². The molecule has 0 aliphatic carbocycles. The molecular formula is C11H17NO5S. The summed E-state index contributed by atoms with van der Waals surface area (Å²) < 4.78 is 5.10. The number of thioether (sulfide) groups is 1. The van der Waals surface area contributed by atoms with E-state index in [1.807, 2.05) is 0 Å². The molecule has 102 valence electrons. The third-order valence-electron chi connectivity index (χ3n) is 2.82. The first-order valence-electron chi connectivity index (χ1n) is 5.64. The first kappa shape index (κ1) is 15.0. The quantitative estimate of drug-likeness (QED) is 0.779. The van der Waals surface area contributed by atoms with Crippen molar-refractivity contribution in [3.05, 3.63) is 0 Å². The number of ether oxygens (including phenoxy) is 1. The molecule has 0 saturated carbocycles. The molecule has 0 spiro atoms. The van der Waals surface area contributed by atoms with E-state index in [2.05, 4.69) is 0 Å². The van der Waals surface area contributed by atoms with Gasteiger partial charge in [-0.25, -0.2) is 4.79 Å². The van der Waals surface area contributed by atoms with Crippen LogP contribution in [0.1, 0.15) is 19.8 Å². The van der Waals surface area contributed by atoms with Crippen LogP contribution in [-0.2, 0) is 19.1 Å². The van der Waals surface area contributed by atoms with Gasteiger partial charge in [0.05, 0.1) is 6.10 Å². The summed E-state index contributed by atoms with van der Waals surface area (Å²) in [5.41, 5.74) is 0. The molecule has 0 bridgehead atoms. The number of likely N-dealkylation sites (tertiary alicyclic amines) is 1. The summed E-state index contributed by atoms with van der Waals surface area (Å²) in [6, 6.07) is -0.815. The highest BCUT2D eigenvalue weighted by molar-refractivity contribution is 8.13. The Kier molecular flexibility index (Phi) is 5.61. The van der Waals surface area contributed by atoms with E-state index in [0.717, 1.165) is 11.8 Å². The molecule has 1 heterocycles. The maximum absolute atomic E-state index is 11.9. The van der Waals surface area contributed by atoms with Crippen molar-refractivity contribution in [1.29, 1.82) is 0 Å². The van der Waals surface area contributed by atoms with Crippen molar-refractivity contribution in [3.8, 4) is 0 Å². The van der Waals surface area contributed by atoms with E-state index in [1.165, 1.54) is 18.9 Å². The van der Waals surface area contributed by atoms with E-state index in [0.29, 0.717) is 18.7 Å². The molecule has 0 unspecified atom stereocenters. The van der Waals surface area contributed by atoms with Gasteiger partial charge in [-0.05, 0) is 0 Å². The van der Waals surface area contributed by atoms with Crippen LogP contribution in [0.4, 0.5) is 0 Å². The van der Waals surface area contributed by atoms with Gasteiger partial charge in [0.1, 0.15) is 6.04 Å². The number of amides is 1. The number of hydrogen-bond donors (Lipinski definition) is 1. The minimum Gasteiger partial charge on any atom is -0.480 e. The summed E-state index contributed by atoms with van der Waals surface area (Å²) >= 11 is 1.07. The van der Waals surface area contributed by atoms with Crippen LogP contribution in [0.25, 0.3) is 0 Å². The van der Waals surface area contributed by atoms with Crippen LogP contribution < -0.4 is 0 Å². The van der Waals surface area contributed by atoms with Crippen molar-refractivity contribution in [3.63, 3.8) is 0 Å². The van der Waals surface area contributed by atoms with Gasteiger partial charge in [-0.15, -0.1) is 0 Å². The van der Waals surface area contributed by atoms with Crippen LogP contribution in [0.3, 0.4) is 0 Å². The van der Waals surface area contributed by atoms with Gasteiger partial charge in [0.15, 0.2) is 5.12 Å². The molecule has 1 amide bonds. The van der Waals surface area contributed by atoms with E-state index < -0.39 is 12.0 Å².